The van der Waals surface area contributed by atoms with Crippen molar-refractivity contribution in [3.63, 3.8) is 0 Å². The maximum atomic E-state index is 12.5. The van der Waals surface area contributed by atoms with Crippen LogP contribution >= 0.6 is 0 Å². The number of carbonyl (C=O) groups excluding carboxylic acids is 2. The number of Topliss-reactive ketones (excluding diaryl/α,β-unsaturated/α-hetero) is 1. The molecule has 24 heavy (non-hydrogen) atoms. The van der Waals surface area contributed by atoms with Gasteiger partial charge in [0.1, 0.15) is 0 Å². The first kappa shape index (κ1) is 15.9. The van der Waals surface area contributed by atoms with Crippen LogP contribution < -0.4 is 0 Å². The van der Waals surface area contributed by atoms with Gasteiger partial charge in [0.05, 0.1) is 11.6 Å². The Morgan fingerprint density at radius 1 is 1.21 bits per heavy atom. The number of ketones is 1. The van der Waals surface area contributed by atoms with Gasteiger partial charge in [0.15, 0.2) is 11.5 Å². The number of aromatic nitrogens is 2. The number of aliphatic hydroxyl groups excluding tert-OH is 1. The van der Waals surface area contributed by atoms with E-state index in [2.05, 4.69) is 9.97 Å². The Kier molecular flexibility index (Phi) is 4.37. The van der Waals surface area contributed by atoms with Crippen LogP contribution in [0.2, 0.25) is 0 Å². The van der Waals surface area contributed by atoms with Crippen molar-refractivity contribution < 1.29 is 14.7 Å². The molecule has 0 fully saturated rings. The van der Waals surface area contributed by atoms with Crippen LogP contribution in [0.3, 0.4) is 0 Å². The van der Waals surface area contributed by atoms with Gasteiger partial charge in [-0.2, -0.15) is 0 Å². The predicted octanol–water partition coefficient (Wildman–Crippen LogP) is 2.35. The van der Waals surface area contributed by atoms with E-state index in [4.69, 9.17) is 0 Å². The van der Waals surface area contributed by atoms with Crippen LogP contribution in [0.5, 0.6) is 0 Å². The van der Waals surface area contributed by atoms with Crippen LogP contribution in [0.1, 0.15) is 30.5 Å². The maximum absolute atomic E-state index is 12.5. The molecule has 0 aliphatic carbocycles. The lowest BCUT2D eigenvalue weighted by Gasteiger charge is -2.26. The minimum Gasteiger partial charge on any atom is -0.503 e. The van der Waals surface area contributed by atoms with E-state index in [0.717, 1.165) is 5.56 Å². The molecule has 3 heterocycles. The van der Waals surface area contributed by atoms with E-state index in [0.29, 0.717) is 5.56 Å². The molecule has 3 rings (SSSR count). The Bertz CT molecular complexity index is 788. The fourth-order valence-corrected chi connectivity index (χ4v) is 2.86. The average molecular weight is 323 g/mol. The first-order valence-electron chi connectivity index (χ1n) is 7.69. The molecule has 0 saturated heterocycles. The molecular formula is C18H17N3O3. The van der Waals surface area contributed by atoms with Gasteiger partial charge in [0.2, 0.25) is 0 Å². The first-order chi connectivity index (χ1) is 11.6. The van der Waals surface area contributed by atoms with Gasteiger partial charge in [0, 0.05) is 37.8 Å². The van der Waals surface area contributed by atoms with Crippen molar-refractivity contribution in [3.05, 3.63) is 71.5 Å². The van der Waals surface area contributed by atoms with Crippen LogP contribution in [0.4, 0.5) is 0 Å². The first-order valence-corrected chi connectivity index (χ1v) is 7.69. The fourth-order valence-electron chi connectivity index (χ4n) is 2.86. The summed E-state index contributed by atoms with van der Waals surface area (Å²) >= 11 is 0. The topological polar surface area (TPSA) is 83.4 Å². The zero-order chi connectivity index (χ0) is 17.1. The van der Waals surface area contributed by atoms with Crippen LogP contribution in [-0.2, 0) is 16.1 Å². The van der Waals surface area contributed by atoms with E-state index in [-0.39, 0.29) is 24.3 Å². The molecule has 0 saturated carbocycles. The van der Waals surface area contributed by atoms with E-state index >= 15 is 0 Å². The van der Waals surface area contributed by atoms with Gasteiger partial charge >= 0.3 is 0 Å². The molecule has 0 radical (unpaired) electrons. The highest BCUT2D eigenvalue weighted by molar-refractivity contribution is 6.08. The largest absolute Gasteiger partial charge is 0.503 e. The summed E-state index contributed by atoms with van der Waals surface area (Å²) in [7, 11) is 0. The molecular weight excluding hydrogens is 306 g/mol. The maximum Gasteiger partial charge on any atom is 0.290 e. The molecule has 6 heteroatoms. The highest BCUT2D eigenvalue weighted by Gasteiger charge is 2.42. The SMILES string of the molecule is CCC(=O)C1=C(O)C(=O)N(Cc2cccnc2)C1c1cccnc1. The number of hydrogen-bond donors (Lipinski definition) is 1. The van der Waals surface area contributed by atoms with Crippen molar-refractivity contribution in [2.24, 2.45) is 0 Å². The standard InChI is InChI=1S/C18H17N3O3/c1-2-14(22)15-16(13-6-4-8-20-10-13)21(18(24)17(15)23)11-12-5-3-7-19-9-12/h3-10,16,23H,2,11H2,1H3. The van der Waals surface area contributed by atoms with Gasteiger partial charge in [-0.3, -0.25) is 19.6 Å². The van der Waals surface area contributed by atoms with Crippen LogP contribution in [0.25, 0.3) is 0 Å². The number of hydrogen-bond acceptors (Lipinski definition) is 5. The number of carbonyl (C=O) groups is 2. The molecule has 0 bridgehead atoms. The van der Waals surface area contributed by atoms with Gasteiger partial charge in [0.25, 0.3) is 5.91 Å². The molecule has 1 amide bonds. The highest BCUT2D eigenvalue weighted by Crippen LogP contribution is 2.38. The zero-order valence-electron chi connectivity index (χ0n) is 13.2. The lowest BCUT2D eigenvalue weighted by atomic mass is 9.96. The van der Waals surface area contributed by atoms with Crippen molar-refractivity contribution in [1.29, 1.82) is 0 Å². The second-order valence-electron chi connectivity index (χ2n) is 5.52. The number of amides is 1. The smallest absolute Gasteiger partial charge is 0.290 e. The summed E-state index contributed by atoms with van der Waals surface area (Å²) in [5, 5.41) is 10.3. The van der Waals surface area contributed by atoms with E-state index < -0.39 is 17.7 Å². The minimum atomic E-state index is -0.640. The highest BCUT2D eigenvalue weighted by atomic mass is 16.3. The molecule has 2 aromatic rings. The Hall–Kier alpha value is -3.02. The predicted molar refractivity (Wildman–Crippen MR) is 86.7 cm³/mol. The molecule has 1 N–H and O–H groups in total. The quantitative estimate of drug-likeness (QED) is 0.913. The summed E-state index contributed by atoms with van der Waals surface area (Å²) in [6.07, 6.45) is 6.75. The molecule has 6 nitrogen and oxygen atoms in total. The molecule has 1 aliphatic rings. The van der Waals surface area contributed by atoms with Gasteiger partial charge < -0.3 is 10.0 Å². The van der Waals surface area contributed by atoms with Gasteiger partial charge in [-0.05, 0) is 23.3 Å². The van der Waals surface area contributed by atoms with Crippen molar-refractivity contribution in [2.75, 3.05) is 0 Å². The van der Waals surface area contributed by atoms with Crippen LogP contribution in [0.15, 0.2) is 60.4 Å². The molecule has 1 aliphatic heterocycles. The second-order valence-corrected chi connectivity index (χ2v) is 5.52. The van der Waals surface area contributed by atoms with Gasteiger partial charge in [-0.15, -0.1) is 0 Å². The van der Waals surface area contributed by atoms with E-state index in [1.165, 1.54) is 4.90 Å². The Morgan fingerprint density at radius 2 is 1.92 bits per heavy atom. The van der Waals surface area contributed by atoms with Crippen LogP contribution in [-0.4, -0.2) is 31.7 Å². The second kappa shape index (κ2) is 6.62. The number of aliphatic hydroxyl groups is 1. The summed E-state index contributed by atoms with van der Waals surface area (Å²) in [6, 6.07) is 6.52. The Balaban J connectivity index is 2.04. The lowest BCUT2D eigenvalue weighted by Crippen LogP contribution is -2.30. The monoisotopic (exact) mass is 323 g/mol. The summed E-state index contributed by atoms with van der Waals surface area (Å²) in [4.78, 5) is 34.5. The van der Waals surface area contributed by atoms with Gasteiger partial charge in [-0.25, -0.2) is 0 Å². The summed E-state index contributed by atoms with van der Waals surface area (Å²) in [6.45, 7) is 1.95. The third-order valence-electron chi connectivity index (χ3n) is 4.00. The average Bonchev–Trinajstić information content (AvgIpc) is 2.87. The molecule has 0 aromatic carbocycles. The number of nitrogens with zero attached hydrogens (tertiary/aromatic N) is 3. The van der Waals surface area contributed by atoms with E-state index in [9.17, 15) is 14.7 Å². The molecule has 2 aromatic heterocycles. The molecule has 1 atom stereocenters. The third kappa shape index (κ3) is 2.78. The minimum absolute atomic E-state index is 0.138. The Labute approximate surface area is 139 Å². The van der Waals surface area contributed by atoms with Crippen molar-refractivity contribution in [1.82, 2.24) is 14.9 Å². The number of rotatable bonds is 5. The summed E-state index contributed by atoms with van der Waals surface area (Å²) in [5.41, 5.74) is 1.65. The van der Waals surface area contributed by atoms with E-state index in [1.54, 1.807) is 49.9 Å². The third-order valence-corrected chi connectivity index (χ3v) is 4.00. The normalized spacial score (nSPS) is 17.5. The Morgan fingerprint density at radius 3 is 2.50 bits per heavy atom. The van der Waals surface area contributed by atoms with E-state index in [1.807, 2.05) is 6.07 Å². The van der Waals surface area contributed by atoms with Crippen molar-refractivity contribution in [2.45, 2.75) is 25.9 Å². The molecule has 0 spiro atoms. The zero-order valence-corrected chi connectivity index (χ0v) is 13.2. The van der Waals surface area contributed by atoms with Crippen molar-refractivity contribution in [3.8, 4) is 0 Å². The fraction of sp³-hybridized carbons (Fsp3) is 0.222. The molecule has 1 unspecified atom stereocenters. The lowest BCUT2D eigenvalue weighted by molar-refractivity contribution is -0.130. The van der Waals surface area contributed by atoms with Gasteiger partial charge in [-0.1, -0.05) is 19.1 Å². The molecule has 122 valence electrons. The summed E-state index contributed by atoms with van der Waals surface area (Å²) < 4.78 is 0. The van der Waals surface area contributed by atoms with Crippen molar-refractivity contribution >= 4 is 11.7 Å². The summed E-state index contributed by atoms with van der Waals surface area (Å²) in [5.74, 6) is -1.27. The number of pyridine rings is 2. The van der Waals surface area contributed by atoms with Crippen LogP contribution in [0, 0.1) is 0 Å².